The quantitative estimate of drug-likeness (QED) is 0.319. The van der Waals surface area contributed by atoms with Crippen LogP contribution >= 0.6 is 0 Å². The number of amides is 1. The number of carbonyl (C=O) groups excluding carboxylic acids is 1. The normalized spacial score (nSPS) is 10.4. The van der Waals surface area contributed by atoms with Gasteiger partial charge in [0.05, 0.1) is 12.3 Å². The molecular formula is C14H18N4O3. The standard InChI is InChI=1S/C14H18N4O3/c1-9-12(17-18-13(9)14(19)16-15)10-3-5-11(6-4-10)21-8-7-20-2/h3-6H,7-8,15H2,1-2H3,(H,16,19)(H,17,18). The van der Waals surface area contributed by atoms with Gasteiger partial charge < -0.3 is 9.47 Å². The van der Waals surface area contributed by atoms with Crippen molar-refractivity contribution in [3.63, 3.8) is 0 Å². The van der Waals surface area contributed by atoms with E-state index in [4.69, 9.17) is 15.3 Å². The highest BCUT2D eigenvalue weighted by atomic mass is 16.5. The van der Waals surface area contributed by atoms with Gasteiger partial charge in [-0.05, 0) is 31.2 Å². The molecule has 0 saturated heterocycles. The maximum absolute atomic E-state index is 11.5. The van der Waals surface area contributed by atoms with E-state index in [0.717, 1.165) is 16.9 Å². The number of hydrazine groups is 1. The van der Waals surface area contributed by atoms with Crippen molar-refractivity contribution in [2.45, 2.75) is 6.92 Å². The lowest BCUT2D eigenvalue weighted by Crippen LogP contribution is -2.30. The molecule has 0 radical (unpaired) electrons. The van der Waals surface area contributed by atoms with Crippen LogP contribution in [-0.2, 0) is 4.74 Å². The minimum Gasteiger partial charge on any atom is -0.491 e. The summed E-state index contributed by atoms with van der Waals surface area (Å²) in [6, 6.07) is 7.47. The third kappa shape index (κ3) is 3.39. The number of nitrogens with zero attached hydrogens (tertiary/aromatic N) is 1. The molecule has 0 aliphatic rings. The summed E-state index contributed by atoms with van der Waals surface area (Å²) >= 11 is 0. The molecule has 0 bridgehead atoms. The lowest BCUT2D eigenvalue weighted by atomic mass is 10.1. The summed E-state index contributed by atoms with van der Waals surface area (Å²) in [5.74, 6) is 5.48. The van der Waals surface area contributed by atoms with Gasteiger partial charge in [0.25, 0.3) is 5.91 Å². The van der Waals surface area contributed by atoms with Crippen molar-refractivity contribution in [1.82, 2.24) is 15.6 Å². The van der Waals surface area contributed by atoms with Crippen LogP contribution in [-0.4, -0.2) is 36.4 Å². The van der Waals surface area contributed by atoms with Gasteiger partial charge >= 0.3 is 0 Å². The number of ether oxygens (including phenoxy) is 2. The average molecular weight is 290 g/mol. The molecule has 4 N–H and O–H groups in total. The number of nitrogens with two attached hydrogens (primary N) is 1. The number of aromatic nitrogens is 2. The van der Waals surface area contributed by atoms with Crippen molar-refractivity contribution in [2.24, 2.45) is 5.84 Å². The molecule has 21 heavy (non-hydrogen) atoms. The Kier molecular flexibility index (Phi) is 4.91. The number of H-pyrrole nitrogens is 1. The lowest BCUT2D eigenvalue weighted by Gasteiger charge is -2.06. The number of nitrogen functional groups attached to an aromatic ring is 1. The van der Waals surface area contributed by atoms with E-state index >= 15 is 0 Å². The molecule has 0 aliphatic carbocycles. The molecule has 1 heterocycles. The van der Waals surface area contributed by atoms with E-state index in [1.54, 1.807) is 7.11 Å². The average Bonchev–Trinajstić information content (AvgIpc) is 2.89. The molecule has 0 aliphatic heterocycles. The third-order valence-corrected chi connectivity index (χ3v) is 3.05. The van der Waals surface area contributed by atoms with E-state index < -0.39 is 5.91 Å². The lowest BCUT2D eigenvalue weighted by molar-refractivity contribution is 0.0948. The number of hydrogen-bond acceptors (Lipinski definition) is 5. The van der Waals surface area contributed by atoms with Crippen LogP contribution < -0.4 is 16.0 Å². The van der Waals surface area contributed by atoms with Crippen LogP contribution in [0.25, 0.3) is 11.3 Å². The molecule has 112 valence electrons. The first-order chi connectivity index (χ1) is 10.2. The number of benzene rings is 1. The number of methoxy groups -OCH3 is 1. The summed E-state index contributed by atoms with van der Waals surface area (Å²) in [5, 5.41) is 6.85. The van der Waals surface area contributed by atoms with Gasteiger partial charge in [0.2, 0.25) is 0 Å². The summed E-state index contributed by atoms with van der Waals surface area (Å²) in [6.45, 7) is 2.85. The van der Waals surface area contributed by atoms with Crippen LogP contribution in [0.2, 0.25) is 0 Å². The summed E-state index contributed by atoms with van der Waals surface area (Å²) in [6.07, 6.45) is 0. The van der Waals surface area contributed by atoms with Crippen LogP contribution in [0.3, 0.4) is 0 Å². The highest BCUT2D eigenvalue weighted by molar-refractivity contribution is 5.94. The Morgan fingerprint density at radius 3 is 2.67 bits per heavy atom. The van der Waals surface area contributed by atoms with E-state index in [0.29, 0.717) is 24.6 Å². The summed E-state index contributed by atoms with van der Waals surface area (Å²) in [7, 11) is 1.63. The first-order valence-corrected chi connectivity index (χ1v) is 6.45. The summed E-state index contributed by atoms with van der Waals surface area (Å²) in [4.78, 5) is 11.5. The van der Waals surface area contributed by atoms with Crippen LogP contribution in [0.1, 0.15) is 16.1 Å². The predicted octanol–water partition coefficient (Wildman–Crippen LogP) is 1.01. The second-order valence-corrected chi connectivity index (χ2v) is 4.41. The highest BCUT2D eigenvalue weighted by Gasteiger charge is 2.15. The Labute approximate surface area is 122 Å². The Bertz CT molecular complexity index is 607. The molecule has 0 atom stereocenters. The largest absolute Gasteiger partial charge is 0.491 e. The molecule has 7 nitrogen and oxygen atoms in total. The zero-order chi connectivity index (χ0) is 15.2. The van der Waals surface area contributed by atoms with Gasteiger partial charge in [-0.1, -0.05) is 0 Å². The topological polar surface area (TPSA) is 102 Å². The number of nitrogens with one attached hydrogen (secondary N) is 2. The van der Waals surface area contributed by atoms with Gasteiger partial charge in [-0.25, -0.2) is 5.84 Å². The van der Waals surface area contributed by atoms with E-state index in [1.807, 2.05) is 31.2 Å². The van der Waals surface area contributed by atoms with Crippen LogP contribution in [0.5, 0.6) is 5.75 Å². The van der Waals surface area contributed by atoms with E-state index in [1.165, 1.54) is 0 Å². The fraction of sp³-hybridized carbons (Fsp3) is 0.286. The Morgan fingerprint density at radius 2 is 2.05 bits per heavy atom. The van der Waals surface area contributed by atoms with E-state index in [9.17, 15) is 4.79 Å². The van der Waals surface area contributed by atoms with Gasteiger partial charge in [-0.2, -0.15) is 5.10 Å². The minimum absolute atomic E-state index is 0.355. The van der Waals surface area contributed by atoms with Gasteiger partial charge in [-0.3, -0.25) is 15.3 Å². The summed E-state index contributed by atoms with van der Waals surface area (Å²) < 4.78 is 10.4. The highest BCUT2D eigenvalue weighted by Crippen LogP contribution is 2.25. The second kappa shape index (κ2) is 6.87. The number of aromatic amines is 1. The Hall–Kier alpha value is -2.38. The summed E-state index contributed by atoms with van der Waals surface area (Å²) in [5.41, 5.74) is 4.77. The van der Waals surface area contributed by atoms with Gasteiger partial charge in [0.1, 0.15) is 18.1 Å². The Balaban J connectivity index is 2.15. The zero-order valence-corrected chi connectivity index (χ0v) is 12.0. The van der Waals surface area contributed by atoms with Crippen molar-refractivity contribution >= 4 is 5.91 Å². The number of rotatable bonds is 6. The van der Waals surface area contributed by atoms with Crippen molar-refractivity contribution in [2.75, 3.05) is 20.3 Å². The molecule has 0 unspecified atom stereocenters. The number of carbonyl (C=O) groups is 1. The molecule has 2 aromatic rings. The molecule has 7 heteroatoms. The fourth-order valence-corrected chi connectivity index (χ4v) is 1.92. The van der Waals surface area contributed by atoms with Crippen molar-refractivity contribution in [1.29, 1.82) is 0 Å². The van der Waals surface area contributed by atoms with Crippen molar-refractivity contribution < 1.29 is 14.3 Å². The second-order valence-electron chi connectivity index (χ2n) is 4.41. The zero-order valence-electron chi connectivity index (χ0n) is 12.0. The number of hydrogen-bond donors (Lipinski definition) is 3. The molecule has 1 amide bonds. The van der Waals surface area contributed by atoms with E-state index in [-0.39, 0.29) is 0 Å². The van der Waals surface area contributed by atoms with Gasteiger partial charge in [-0.15, -0.1) is 0 Å². The van der Waals surface area contributed by atoms with Crippen molar-refractivity contribution in [3.8, 4) is 17.0 Å². The van der Waals surface area contributed by atoms with Gasteiger partial charge in [0.15, 0.2) is 0 Å². The molecule has 2 rings (SSSR count). The fourth-order valence-electron chi connectivity index (χ4n) is 1.92. The maximum Gasteiger partial charge on any atom is 0.283 e. The molecule has 0 spiro atoms. The predicted molar refractivity (Wildman–Crippen MR) is 77.8 cm³/mol. The maximum atomic E-state index is 11.5. The molecule has 0 fully saturated rings. The third-order valence-electron chi connectivity index (χ3n) is 3.05. The monoisotopic (exact) mass is 290 g/mol. The van der Waals surface area contributed by atoms with Crippen LogP contribution in [0.4, 0.5) is 0 Å². The molecular weight excluding hydrogens is 272 g/mol. The molecule has 1 aromatic carbocycles. The van der Waals surface area contributed by atoms with E-state index in [2.05, 4.69) is 15.6 Å². The van der Waals surface area contributed by atoms with Crippen LogP contribution in [0.15, 0.2) is 24.3 Å². The smallest absolute Gasteiger partial charge is 0.283 e. The Morgan fingerprint density at radius 1 is 1.33 bits per heavy atom. The van der Waals surface area contributed by atoms with Gasteiger partial charge in [0, 0.05) is 18.2 Å². The minimum atomic E-state index is -0.397. The SMILES string of the molecule is COCCOc1ccc(-c2n[nH]c(C(=O)NN)c2C)cc1. The van der Waals surface area contributed by atoms with Crippen molar-refractivity contribution in [3.05, 3.63) is 35.5 Å². The van der Waals surface area contributed by atoms with Crippen LogP contribution in [0, 0.1) is 6.92 Å². The molecule has 1 aromatic heterocycles. The first kappa shape index (κ1) is 15.0. The molecule has 0 saturated carbocycles. The first-order valence-electron chi connectivity index (χ1n) is 6.45.